The summed E-state index contributed by atoms with van der Waals surface area (Å²) in [5.74, 6) is -1.45. The van der Waals surface area contributed by atoms with Crippen molar-refractivity contribution in [2.45, 2.75) is 45.3 Å². The first-order chi connectivity index (χ1) is 19.8. The number of amides is 1. The average molecular weight is 578 g/mol. The average Bonchev–Trinajstić information content (AvgIpc) is 3.43. The molecule has 1 amide bonds. The highest BCUT2D eigenvalue weighted by Crippen LogP contribution is 2.26. The lowest BCUT2D eigenvalue weighted by Gasteiger charge is -2.24. The Bertz CT molecular complexity index is 1510. The molecule has 10 heteroatoms. The van der Waals surface area contributed by atoms with Crippen molar-refractivity contribution in [1.82, 2.24) is 15.0 Å². The molecule has 1 heterocycles. The molecule has 3 unspecified atom stereocenters. The molecule has 4 aromatic rings. The van der Waals surface area contributed by atoms with Crippen LogP contribution in [0.2, 0.25) is 0 Å². The fourth-order valence-electron chi connectivity index (χ4n) is 4.46. The largest absolute Gasteiger partial charge is 0.445 e. The molecule has 0 aliphatic heterocycles. The van der Waals surface area contributed by atoms with Crippen molar-refractivity contribution in [2.24, 2.45) is 5.92 Å². The number of sulfonamides is 1. The number of Topliss-reactive ketones (excluding diaryl/α,β-unsaturated/α-hetero) is 1. The van der Waals surface area contributed by atoms with E-state index in [0.717, 1.165) is 11.1 Å². The Kier molecular flexibility index (Phi) is 10.3. The minimum Gasteiger partial charge on any atom is -0.445 e. The molecular formula is C31H35N3O6S. The lowest BCUT2D eigenvalue weighted by atomic mass is 9.91. The molecule has 3 aromatic carbocycles. The summed E-state index contributed by atoms with van der Waals surface area (Å²) in [6, 6.07) is 24.8. The van der Waals surface area contributed by atoms with Crippen molar-refractivity contribution >= 4 is 33.0 Å². The SMILES string of the molecule is CCC(C)C(CS(=O)(=O)NCCC(C(=O)c1nc2ccccc2o1)c1ccccc1)NC(=O)OCc1ccccc1. The second-order valence-electron chi connectivity index (χ2n) is 9.98. The van der Waals surface area contributed by atoms with E-state index in [1.165, 1.54) is 0 Å². The first-order valence-electron chi connectivity index (χ1n) is 13.6. The highest BCUT2D eigenvalue weighted by molar-refractivity contribution is 7.89. The van der Waals surface area contributed by atoms with Crippen molar-refractivity contribution in [3.63, 3.8) is 0 Å². The van der Waals surface area contributed by atoms with Gasteiger partial charge in [-0.3, -0.25) is 4.79 Å². The molecule has 4 rings (SSSR count). The first kappa shape index (κ1) is 30.0. The first-order valence-corrected chi connectivity index (χ1v) is 15.3. The predicted octanol–water partition coefficient (Wildman–Crippen LogP) is 5.44. The number of ether oxygens (including phenoxy) is 1. The highest BCUT2D eigenvalue weighted by Gasteiger charge is 2.29. The Morgan fingerprint density at radius 2 is 1.61 bits per heavy atom. The van der Waals surface area contributed by atoms with Gasteiger partial charge in [0.1, 0.15) is 12.1 Å². The Morgan fingerprint density at radius 3 is 2.29 bits per heavy atom. The molecule has 0 saturated heterocycles. The van der Waals surface area contributed by atoms with E-state index >= 15 is 0 Å². The fourth-order valence-corrected chi connectivity index (χ4v) is 5.90. The quantitative estimate of drug-likeness (QED) is 0.191. The lowest BCUT2D eigenvalue weighted by molar-refractivity contribution is 0.0923. The number of rotatable bonds is 14. The zero-order valence-electron chi connectivity index (χ0n) is 23.2. The molecular weight excluding hydrogens is 542 g/mol. The maximum atomic E-state index is 13.5. The number of alkyl carbamates (subject to hydrolysis) is 1. The summed E-state index contributed by atoms with van der Waals surface area (Å²) in [6.45, 7) is 3.90. The zero-order chi connectivity index (χ0) is 29.2. The van der Waals surface area contributed by atoms with Crippen LogP contribution >= 0.6 is 0 Å². The minimum atomic E-state index is -3.81. The van der Waals surface area contributed by atoms with Crippen molar-refractivity contribution in [3.05, 3.63) is 102 Å². The molecule has 0 fully saturated rings. The van der Waals surface area contributed by atoms with Gasteiger partial charge in [-0.2, -0.15) is 0 Å². The van der Waals surface area contributed by atoms with Gasteiger partial charge >= 0.3 is 6.09 Å². The molecule has 0 aliphatic carbocycles. The normalized spacial score (nSPS) is 13.8. The van der Waals surface area contributed by atoms with Crippen LogP contribution in [0.5, 0.6) is 0 Å². The number of benzene rings is 3. The standard InChI is InChI=1S/C31H35N3O6S/c1-3-22(2)27(34-31(36)39-20-23-12-6-4-7-13-23)21-41(37,38)32-19-18-25(24-14-8-5-9-15-24)29(35)30-33-26-16-10-11-17-28(26)40-30/h4-17,22,25,27,32H,3,18-21H2,1-2H3,(H,34,36). The zero-order valence-corrected chi connectivity index (χ0v) is 24.0. The number of fused-ring (bicyclic) bond motifs is 1. The van der Waals surface area contributed by atoms with Crippen LogP contribution in [-0.2, 0) is 21.4 Å². The van der Waals surface area contributed by atoms with Crippen molar-refractivity contribution in [3.8, 4) is 0 Å². The van der Waals surface area contributed by atoms with Crippen LogP contribution in [0.4, 0.5) is 4.79 Å². The summed E-state index contributed by atoms with van der Waals surface area (Å²) in [5.41, 5.74) is 2.65. The number of hydrogen-bond donors (Lipinski definition) is 2. The van der Waals surface area contributed by atoms with Crippen molar-refractivity contribution in [2.75, 3.05) is 12.3 Å². The van der Waals surface area contributed by atoms with Crippen LogP contribution in [0.25, 0.3) is 11.1 Å². The van der Waals surface area contributed by atoms with Crippen LogP contribution in [0.1, 0.15) is 54.4 Å². The van der Waals surface area contributed by atoms with E-state index in [-0.39, 0.29) is 42.9 Å². The molecule has 0 spiro atoms. The van der Waals surface area contributed by atoms with Crippen molar-refractivity contribution in [1.29, 1.82) is 0 Å². The molecule has 0 saturated carbocycles. The molecule has 2 N–H and O–H groups in total. The number of carbonyl (C=O) groups excluding carboxylic acids is 2. The maximum Gasteiger partial charge on any atom is 0.407 e. The van der Waals surface area contributed by atoms with E-state index in [4.69, 9.17) is 9.15 Å². The summed E-state index contributed by atoms with van der Waals surface area (Å²) in [4.78, 5) is 30.3. The summed E-state index contributed by atoms with van der Waals surface area (Å²) >= 11 is 0. The summed E-state index contributed by atoms with van der Waals surface area (Å²) in [6.07, 6.45) is 0.178. The van der Waals surface area contributed by atoms with Crippen molar-refractivity contribution < 1.29 is 27.2 Å². The molecule has 3 atom stereocenters. The second kappa shape index (κ2) is 14.0. The number of ketones is 1. The van der Waals surface area contributed by atoms with E-state index in [1.807, 2.05) is 80.6 Å². The van der Waals surface area contributed by atoms with Gasteiger partial charge in [-0.25, -0.2) is 22.9 Å². The molecule has 9 nitrogen and oxygen atoms in total. The molecule has 1 aromatic heterocycles. The van der Waals surface area contributed by atoms with Gasteiger partial charge < -0.3 is 14.5 Å². The van der Waals surface area contributed by atoms with Gasteiger partial charge in [-0.15, -0.1) is 0 Å². The Morgan fingerprint density at radius 1 is 0.951 bits per heavy atom. The number of nitrogens with one attached hydrogen (secondary N) is 2. The molecule has 0 radical (unpaired) electrons. The van der Waals surface area contributed by atoms with E-state index in [2.05, 4.69) is 15.0 Å². The fraction of sp³-hybridized carbons (Fsp3) is 0.323. The Balaban J connectivity index is 1.39. The molecule has 0 aliphatic rings. The number of hydrogen-bond acceptors (Lipinski definition) is 7. The third-order valence-electron chi connectivity index (χ3n) is 7.02. The Hall–Kier alpha value is -4.02. The molecule has 0 bridgehead atoms. The highest BCUT2D eigenvalue weighted by atomic mass is 32.2. The molecule has 41 heavy (non-hydrogen) atoms. The van der Waals surface area contributed by atoms with Gasteiger partial charge in [0.2, 0.25) is 15.8 Å². The van der Waals surface area contributed by atoms with Crippen LogP contribution in [0, 0.1) is 5.92 Å². The number of para-hydroxylation sites is 2. The monoisotopic (exact) mass is 577 g/mol. The van der Waals surface area contributed by atoms with Crippen LogP contribution in [0.15, 0.2) is 89.3 Å². The molecule has 216 valence electrons. The van der Waals surface area contributed by atoms with E-state index in [0.29, 0.717) is 17.5 Å². The number of aromatic nitrogens is 1. The Labute approximate surface area is 240 Å². The third-order valence-corrected chi connectivity index (χ3v) is 8.47. The number of nitrogens with zero attached hydrogens (tertiary/aromatic N) is 1. The van der Waals surface area contributed by atoms with Gasteiger partial charge in [0.25, 0.3) is 5.89 Å². The third kappa shape index (κ3) is 8.48. The maximum absolute atomic E-state index is 13.5. The van der Waals surface area contributed by atoms with Gasteiger partial charge in [0.15, 0.2) is 5.58 Å². The smallest absolute Gasteiger partial charge is 0.407 e. The van der Waals surface area contributed by atoms with E-state index in [1.54, 1.807) is 18.2 Å². The van der Waals surface area contributed by atoms with Gasteiger partial charge in [-0.05, 0) is 35.6 Å². The topological polar surface area (TPSA) is 128 Å². The second-order valence-corrected chi connectivity index (χ2v) is 11.8. The lowest BCUT2D eigenvalue weighted by Crippen LogP contribution is -2.46. The van der Waals surface area contributed by atoms with Gasteiger partial charge in [0, 0.05) is 12.6 Å². The summed E-state index contributed by atoms with van der Waals surface area (Å²) in [7, 11) is -3.81. The van der Waals surface area contributed by atoms with Gasteiger partial charge in [-0.1, -0.05) is 93.1 Å². The minimum absolute atomic E-state index is 0.0134. The number of oxazole rings is 1. The van der Waals surface area contributed by atoms with Crippen LogP contribution in [-0.4, -0.2) is 43.6 Å². The van der Waals surface area contributed by atoms with Gasteiger partial charge in [0.05, 0.1) is 11.7 Å². The van der Waals surface area contributed by atoms with Crippen LogP contribution < -0.4 is 10.0 Å². The van der Waals surface area contributed by atoms with Crippen LogP contribution in [0.3, 0.4) is 0 Å². The van der Waals surface area contributed by atoms with E-state index in [9.17, 15) is 18.0 Å². The predicted molar refractivity (Wildman–Crippen MR) is 157 cm³/mol. The summed E-state index contributed by atoms with van der Waals surface area (Å²) in [5, 5.41) is 2.72. The number of carbonyl (C=O) groups is 2. The summed E-state index contributed by atoms with van der Waals surface area (Å²) < 4.78 is 39.8. The van der Waals surface area contributed by atoms with E-state index < -0.39 is 28.1 Å².